The normalized spacial score (nSPS) is 47.5. The molecule has 2 aliphatic carbocycles. The summed E-state index contributed by atoms with van der Waals surface area (Å²) in [6, 6.07) is 1.99. The van der Waals surface area contributed by atoms with Crippen LogP contribution < -0.4 is 0 Å². The van der Waals surface area contributed by atoms with E-state index in [1.54, 1.807) is 12.5 Å². The van der Waals surface area contributed by atoms with Gasteiger partial charge in [-0.15, -0.1) is 0 Å². The third-order valence-electron chi connectivity index (χ3n) is 7.65. The van der Waals surface area contributed by atoms with Gasteiger partial charge in [0.15, 0.2) is 6.29 Å². The molecule has 3 aliphatic heterocycles. The number of hydrogen-bond donors (Lipinski definition) is 0. The molecular weight excluding hydrogens is 320 g/mol. The van der Waals surface area contributed by atoms with E-state index in [4.69, 9.17) is 18.6 Å². The lowest BCUT2D eigenvalue weighted by atomic mass is 9.46. The monoisotopic (exact) mass is 342 g/mol. The lowest BCUT2D eigenvalue weighted by Gasteiger charge is -2.57. The summed E-state index contributed by atoms with van der Waals surface area (Å²) in [5.41, 5.74) is 2.03. The molecule has 0 N–H and O–H groups in total. The van der Waals surface area contributed by atoms with Crippen LogP contribution in [0.3, 0.4) is 0 Å². The molecule has 1 aromatic heterocycles. The van der Waals surface area contributed by atoms with Crippen LogP contribution in [0.25, 0.3) is 0 Å². The van der Waals surface area contributed by atoms with E-state index in [0.717, 1.165) is 49.8 Å². The van der Waals surface area contributed by atoms with Crippen molar-refractivity contribution in [3.05, 3.63) is 35.8 Å². The van der Waals surface area contributed by atoms with Crippen molar-refractivity contribution >= 4 is 5.97 Å². The number of ether oxygens (including phenoxy) is 3. The summed E-state index contributed by atoms with van der Waals surface area (Å²) in [5.74, 6) is 0.781. The van der Waals surface area contributed by atoms with Crippen molar-refractivity contribution in [2.24, 2.45) is 22.7 Å². The molecule has 4 fully saturated rings. The van der Waals surface area contributed by atoms with Gasteiger partial charge in [0.2, 0.25) is 0 Å². The Balaban J connectivity index is 1.44. The molecular formula is C20H22O5. The smallest absolute Gasteiger partial charge is 0.334 e. The molecule has 5 aliphatic rings. The van der Waals surface area contributed by atoms with Crippen molar-refractivity contribution in [2.75, 3.05) is 13.2 Å². The number of carbonyl (C=O) groups is 1. The standard InChI is InChI=1S/C20H22O5/c21-17-13-2-1-3-16-19(13,10-23-17)6-4-14-18-24-11-20(14,16)8-15(25-18)12-5-7-22-9-12/h2,5,7,9,14-16,18H,1,3-4,6,8,10-11H2/t14-,15+,16-,18-,19+,20+/m0/s1. The molecule has 0 radical (unpaired) electrons. The third-order valence-corrected chi connectivity index (χ3v) is 7.65. The minimum Gasteiger partial charge on any atom is -0.472 e. The first-order valence-corrected chi connectivity index (χ1v) is 9.40. The maximum Gasteiger partial charge on any atom is 0.334 e. The average Bonchev–Trinajstić information content (AvgIpc) is 3.32. The summed E-state index contributed by atoms with van der Waals surface area (Å²) in [6.07, 6.45) is 10.6. The number of cyclic esters (lactones) is 1. The van der Waals surface area contributed by atoms with Crippen LogP contribution in [0.15, 0.2) is 34.7 Å². The summed E-state index contributed by atoms with van der Waals surface area (Å²) in [6.45, 7) is 1.29. The fourth-order valence-corrected chi connectivity index (χ4v) is 6.64. The number of hydrogen-bond acceptors (Lipinski definition) is 5. The number of furan rings is 1. The number of esters is 1. The van der Waals surface area contributed by atoms with Gasteiger partial charge in [0.1, 0.15) is 6.61 Å². The largest absolute Gasteiger partial charge is 0.472 e. The van der Waals surface area contributed by atoms with Gasteiger partial charge in [-0.3, -0.25) is 0 Å². The molecule has 6 rings (SSSR count). The van der Waals surface area contributed by atoms with Gasteiger partial charge in [-0.1, -0.05) is 6.08 Å². The van der Waals surface area contributed by atoms with Gasteiger partial charge < -0.3 is 18.6 Å². The van der Waals surface area contributed by atoms with Crippen LogP contribution in [-0.2, 0) is 19.0 Å². The van der Waals surface area contributed by atoms with E-state index < -0.39 is 0 Å². The SMILES string of the molecule is O=C1OC[C@@]23CC[C@H]4[C@H]5OC[C@@]4(C[C@H](c4ccoc4)O5)[C@H]2CCC=C13. The van der Waals surface area contributed by atoms with E-state index in [1.807, 2.05) is 6.07 Å². The molecule has 5 heteroatoms. The van der Waals surface area contributed by atoms with Crippen molar-refractivity contribution in [3.63, 3.8) is 0 Å². The third kappa shape index (κ3) is 1.69. The summed E-state index contributed by atoms with van der Waals surface area (Å²) in [5, 5.41) is 0. The van der Waals surface area contributed by atoms with Crippen molar-refractivity contribution < 1.29 is 23.4 Å². The summed E-state index contributed by atoms with van der Waals surface area (Å²) < 4.78 is 23.3. The van der Waals surface area contributed by atoms with Crippen LogP contribution in [0, 0.1) is 22.7 Å². The van der Waals surface area contributed by atoms with Gasteiger partial charge in [-0.2, -0.15) is 0 Å². The molecule has 0 amide bonds. The molecule has 1 saturated carbocycles. The molecule has 3 saturated heterocycles. The Morgan fingerprint density at radius 3 is 3.04 bits per heavy atom. The van der Waals surface area contributed by atoms with Crippen molar-refractivity contribution in [1.29, 1.82) is 0 Å². The predicted molar refractivity (Wildman–Crippen MR) is 86.2 cm³/mol. The highest BCUT2D eigenvalue weighted by atomic mass is 16.7. The van der Waals surface area contributed by atoms with Crippen LogP contribution in [-0.4, -0.2) is 25.5 Å². The summed E-state index contributed by atoms with van der Waals surface area (Å²) in [7, 11) is 0. The van der Waals surface area contributed by atoms with E-state index in [-0.39, 0.29) is 29.2 Å². The zero-order valence-electron chi connectivity index (χ0n) is 14.1. The Bertz CT molecular complexity index is 752. The van der Waals surface area contributed by atoms with E-state index in [9.17, 15) is 4.79 Å². The van der Waals surface area contributed by atoms with Crippen LogP contribution in [0.1, 0.15) is 43.8 Å². The summed E-state index contributed by atoms with van der Waals surface area (Å²) >= 11 is 0. The highest BCUT2D eigenvalue weighted by molar-refractivity contribution is 5.92. The van der Waals surface area contributed by atoms with Gasteiger partial charge in [-0.25, -0.2) is 4.79 Å². The Morgan fingerprint density at radius 2 is 2.16 bits per heavy atom. The van der Waals surface area contributed by atoms with Crippen molar-refractivity contribution in [2.45, 2.75) is 44.5 Å². The Labute approximate surface area is 146 Å². The van der Waals surface area contributed by atoms with Gasteiger partial charge in [-0.05, 0) is 44.1 Å². The minimum absolute atomic E-state index is 0.0185. The van der Waals surface area contributed by atoms with E-state index >= 15 is 0 Å². The van der Waals surface area contributed by atoms with Crippen LogP contribution in [0.2, 0.25) is 0 Å². The second kappa shape index (κ2) is 4.77. The lowest BCUT2D eigenvalue weighted by Crippen LogP contribution is -2.56. The molecule has 132 valence electrons. The maximum absolute atomic E-state index is 12.3. The van der Waals surface area contributed by atoms with Crippen molar-refractivity contribution in [3.8, 4) is 0 Å². The lowest BCUT2D eigenvalue weighted by molar-refractivity contribution is -0.208. The van der Waals surface area contributed by atoms with E-state index in [0.29, 0.717) is 18.4 Å². The Hall–Kier alpha value is -1.59. The van der Waals surface area contributed by atoms with E-state index in [2.05, 4.69) is 6.08 Å². The number of rotatable bonds is 1. The quantitative estimate of drug-likeness (QED) is 0.733. The molecule has 1 aromatic rings. The summed E-state index contributed by atoms with van der Waals surface area (Å²) in [4.78, 5) is 12.3. The number of allylic oxidation sites excluding steroid dienone is 1. The molecule has 25 heavy (non-hydrogen) atoms. The Kier molecular flexibility index (Phi) is 2.78. The zero-order chi connectivity index (χ0) is 16.6. The zero-order valence-corrected chi connectivity index (χ0v) is 14.1. The predicted octanol–water partition coefficient (Wildman–Crippen LogP) is 3.37. The fraction of sp³-hybridized carbons (Fsp3) is 0.650. The number of carbonyl (C=O) groups excluding carboxylic acids is 1. The molecule has 5 nitrogen and oxygen atoms in total. The minimum atomic E-state index is -0.127. The molecule has 6 atom stereocenters. The Morgan fingerprint density at radius 1 is 1.20 bits per heavy atom. The first-order chi connectivity index (χ1) is 12.2. The highest BCUT2D eigenvalue weighted by Gasteiger charge is 2.69. The topological polar surface area (TPSA) is 57.9 Å². The molecule has 2 bridgehead atoms. The van der Waals surface area contributed by atoms with Crippen molar-refractivity contribution in [1.82, 2.24) is 0 Å². The molecule has 4 heterocycles. The molecule has 1 spiro atoms. The second-order valence-corrected chi connectivity index (χ2v) is 8.42. The van der Waals surface area contributed by atoms with Crippen LogP contribution in [0.5, 0.6) is 0 Å². The van der Waals surface area contributed by atoms with Gasteiger partial charge in [0, 0.05) is 27.9 Å². The van der Waals surface area contributed by atoms with E-state index in [1.165, 1.54) is 0 Å². The van der Waals surface area contributed by atoms with Crippen LogP contribution >= 0.6 is 0 Å². The first kappa shape index (κ1) is 14.6. The van der Waals surface area contributed by atoms with Gasteiger partial charge in [0.25, 0.3) is 0 Å². The fourth-order valence-electron chi connectivity index (χ4n) is 6.64. The second-order valence-electron chi connectivity index (χ2n) is 8.42. The van der Waals surface area contributed by atoms with Gasteiger partial charge in [0.05, 0.1) is 25.2 Å². The highest BCUT2D eigenvalue weighted by Crippen LogP contribution is 2.69. The maximum atomic E-state index is 12.3. The molecule has 0 aromatic carbocycles. The average molecular weight is 342 g/mol. The van der Waals surface area contributed by atoms with Crippen LogP contribution in [0.4, 0.5) is 0 Å². The molecule has 0 unspecified atom stereocenters. The van der Waals surface area contributed by atoms with Gasteiger partial charge >= 0.3 is 5.97 Å². The first-order valence-electron chi connectivity index (χ1n) is 9.40.